The summed E-state index contributed by atoms with van der Waals surface area (Å²) in [5, 5.41) is 6.05. The highest BCUT2D eigenvalue weighted by atomic mass is 16.2. The SMILES string of the molecule is C[C@@]1(C(=O)NCC2Cc3cccc4cccc(c34)C2)CCCN1c1ccncc1. The molecule has 1 fully saturated rings. The van der Waals surface area contributed by atoms with Gasteiger partial charge in [0.1, 0.15) is 5.54 Å². The van der Waals surface area contributed by atoms with Crippen LogP contribution < -0.4 is 10.2 Å². The van der Waals surface area contributed by atoms with Gasteiger partial charge in [0.15, 0.2) is 0 Å². The molecule has 3 aromatic rings. The van der Waals surface area contributed by atoms with Crippen molar-refractivity contribution in [1.29, 1.82) is 0 Å². The van der Waals surface area contributed by atoms with Crippen molar-refractivity contribution in [2.45, 2.75) is 38.1 Å². The van der Waals surface area contributed by atoms with E-state index in [1.807, 2.05) is 12.1 Å². The Hall–Kier alpha value is -2.88. The van der Waals surface area contributed by atoms with Gasteiger partial charge in [-0.2, -0.15) is 0 Å². The van der Waals surface area contributed by atoms with Gasteiger partial charge in [-0.3, -0.25) is 9.78 Å². The number of hydrogen-bond acceptors (Lipinski definition) is 3. The third-order valence-electron chi connectivity index (χ3n) is 6.75. The molecule has 1 atom stereocenters. The summed E-state index contributed by atoms with van der Waals surface area (Å²) >= 11 is 0. The summed E-state index contributed by atoms with van der Waals surface area (Å²) in [4.78, 5) is 19.6. The zero-order valence-electron chi connectivity index (χ0n) is 16.9. The lowest BCUT2D eigenvalue weighted by Gasteiger charge is -2.36. The zero-order chi connectivity index (χ0) is 19.8. The summed E-state index contributed by atoms with van der Waals surface area (Å²) in [5.74, 6) is 0.586. The number of anilines is 1. The van der Waals surface area contributed by atoms with Crippen LogP contribution >= 0.6 is 0 Å². The van der Waals surface area contributed by atoms with Gasteiger partial charge in [0, 0.05) is 31.2 Å². The molecule has 1 amide bonds. The number of rotatable bonds is 4. The van der Waals surface area contributed by atoms with E-state index in [2.05, 4.69) is 58.5 Å². The number of nitrogens with one attached hydrogen (secondary N) is 1. The van der Waals surface area contributed by atoms with Crippen LogP contribution in [-0.4, -0.2) is 29.5 Å². The number of pyridine rings is 1. The van der Waals surface area contributed by atoms with Crippen LogP contribution in [0, 0.1) is 5.92 Å². The van der Waals surface area contributed by atoms with E-state index in [1.165, 1.54) is 21.9 Å². The largest absolute Gasteiger partial charge is 0.357 e. The van der Waals surface area contributed by atoms with Gasteiger partial charge in [-0.05, 0) is 72.6 Å². The monoisotopic (exact) mass is 385 g/mol. The molecule has 29 heavy (non-hydrogen) atoms. The molecular weight excluding hydrogens is 358 g/mol. The summed E-state index contributed by atoms with van der Waals surface area (Å²) in [6, 6.07) is 17.2. The lowest BCUT2D eigenvalue weighted by molar-refractivity contribution is -0.125. The fraction of sp³-hybridized carbons (Fsp3) is 0.360. The van der Waals surface area contributed by atoms with Crippen LogP contribution in [0.15, 0.2) is 60.9 Å². The first-order valence-corrected chi connectivity index (χ1v) is 10.6. The fourth-order valence-electron chi connectivity index (χ4n) is 5.25. The van der Waals surface area contributed by atoms with Crippen LogP contribution in [0.3, 0.4) is 0 Å². The Balaban J connectivity index is 1.30. The van der Waals surface area contributed by atoms with E-state index in [-0.39, 0.29) is 5.91 Å². The van der Waals surface area contributed by atoms with Gasteiger partial charge in [0.05, 0.1) is 0 Å². The molecule has 1 aliphatic carbocycles. The van der Waals surface area contributed by atoms with Gasteiger partial charge in [0.25, 0.3) is 0 Å². The molecule has 2 aromatic carbocycles. The van der Waals surface area contributed by atoms with Crippen molar-refractivity contribution >= 4 is 22.4 Å². The normalized spacial score (nSPS) is 21.5. The third kappa shape index (κ3) is 3.17. The first kappa shape index (κ1) is 18.2. The molecule has 0 saturated carbocycles. The summed E-state index contributed by atoms with van der Waals surface area (Å²) in [6.45, 7) is 3.71. The van der Waals surface area contributed by atoms with Gasteiger partial charge in [0.2, 0.25) is 5.91 Å². The molecule has 148 valence electrons. The van der Waals surface area contributed by atoms with Crippen molar-refractivity contribution in [2.24, 2.45) is 5.92 Å². The van der Waals surface area contributed by atoms with Crippen molar-refractivity contribution in [2.75, 3.05) is 18.0 Å². The predicted octanol–water partition coefficient (Wildman–Crippen LogP) is 4.12. The molecule has 4 nitrogen and oxygen atoms in total. The highest BCUT2D eigenvalue weighted by Gasteiger charge is 2.43. The van der Waals surface area contributed by atoms with Crippen molar-refractivity contribution in [3.8, 4) is 0 Å². The second-order valence-corrected chi connectivity index (χ2v) is 8.65. The average molecular weight is 386 g/mol. The molecule has 2 heterocycles. The molecular formula is C25H27N3O. The molecule has 1 aliphatic heterocycles. The first-order chi connectivity index (χ1) is 14.1. The molecule has 1 aromatic heterocycles. The smallest absolute Gasteiger partial charge is 0.245 e. The minimum atomic E-state index is -0.492. The van der Waals surface area contributed by atoms with E-state index in [9.17, 15) is 4.79 Å². The predicted molar refractivity (Wildman–Crippen MR) is 117 cm³/mol. The van der Waals surface area contributed by atoms with E-state index >= 15 is 0 Å². The molecule has 4 heteroatoms. The number of benzene rings is 2. The standard InChI is InChI=1S/C25H27N3O/c1-25(11-4-14-28(25)22-9-12-26-13-10-22)24(29)27-17-18-15-20-7-2-5-19-6-3-8-21(16-18)23(19)20/h2-3,5-10,12-13,18H,4,11,14-17H2,1H3,(H,27,29)/t25-/m0/s1. The minimum absolute atomic E-state index is 0.142. The van der Waals surface area contributed by atoms with Crippen LogP contribution in [-0.2, 0) is 17.6 Å². The molecule has 0 bridgehead atoms. The number of carbonyl (C=O) groups excluding carboxylic acids is 1. The highest BCUT2D eigenvalue weighted by Crippen LogP contribution is 2.35. The van der Waals surface area contributed by atoms with Crippen molar-refractivity contribution in [1.82, 2.24) is 10.3 Å². The molecule has 5 rings (SSSR count). The average Bonchev–Trinajstić information content (AvgIpc) is 3.16. The Morgan fingerprint density at radius 1 is 1.10 bits per heavy atom. The Morgan fingerprint density at radius 3 is 2.48 bits per heavy atom. The summed E-state index contributed by atoms with van der Waals surface area (Å²) in [7, 11) is 0. The van der Waals surface area contributed by atoms with E-state index in [0.717, 1.165) is 44.5 Å². The minimum Gasteiger partial charge on any atom is -0.357 e. The topological polar surface area (TPSA) is 45.2 Å². The molecule has 0 unspecified atom stereocenters. The third-order valence-corrected chi connectivity index (χ3v) is 6.75. The van der Waals surface area contributed by atoms with Crippen LogP contribution in [0.1, 0.15) is 30.9 Å². The number of nitrogens with zero attached hydrogens (tertiary/aromatic N) is 2. The van der Waals surface area contributed by atoms with Gasteiger partial charge >= 0.3 is 0 Å². The second-order valence-electron chi connectivity index (χ2n) is 8.65. The number of aromatic nitrogens is 1. The molecule has 1 saturated heterocycles. The van der Waals surface area contributed by atoms with Gasteiger partial charge in [-0.1, -0.05) is 36.4 Å². The number of amides is 1. The van der Waals surface area contributed by atoms with Crippen molar-refractivity contribution in [3.05, 3.63) is 72.1 Å². The molecule has 2 aliphatic rings. The summed E-state index contributed by atoms with van der Waals surface area (Å²) < 4.78 is 0. The van der Waals surface area contributed by atoms with E-state index < -0.39 is 5.54 Å². The summed E-state index contributed by atoms with van der Waals surface area (Å²) in [5.41, 5.74) is 3.41. The maximum absolute atomic E-state index is 13.3. The quantitative estimate of drug-likeness (QED) is 0.735. The van der Waals surface area contributed by atoms with E-state index in [1.54, 1.807) is 12.4 Å². The first-order valence-electron chi connectivity index (χ1n) is 10.6. The molecule has 0 spiro atoms. The van der Waals surface area contributed by atoms with Crippen LogP contribution in [0.5, 0.6) is 0 Å². The number of carbonyl (C=O) groups is 1. The fourth-order valence-corrected chi connectivity index (χ4v) is 5.25. The van der Waals surface area contributed by atoms with Crippen LogP contribution in [0.2, 0.25) is 0 Å². The Morgan fingerprint density at radius 2 is 1.79 bits per heavy atom. The zero-order valence-corrected chi connectivity index (χ0v) is 16.9. The van der Waals surface area contributed by atoms with Crippen LogP contribution in [0.25, 0.3) is 10.8 Å². The highest BCUT2D eigenvalue weighted by molar-refractivity contribution is 5.91. The lowest BCUT2D eigenvalue weighted by Crippen LogP contribution is -2.54. The Labute approximate surface area is 171 Å². The van der Waals surface area contributed by atoms with E-state index in [0.29, 0.717) is 5.92 Å². The molecule has 0 radical (unpaired) electrons. The van der Waals surface area contributed by atoms with Gasteiger partial charge < -0.3 is 10.2 Å². The maximum Gasteiger partial charge on any atom is 0.245 e. The summed E-state index contributed by atoms with van der Waals surface area (Å²) in [6.07, 6.45) is 7.57. The van der Waals surface area contributed by atoms with Gasteiger partial charge in [-0.15, -0.1) is 0 Å². The Kier molecular flexibility index (Phi) is 4.50. The lowest BCUT2D eigenvalue weighted by atomic mass is 9.82. The maximum atomic E-state index is 13.3. The van der Waals surface area contributed by atoms with E-state index in [4.69, 9.17) is 0 Å². The number of hydrogen-bond donors (Lipinski definition) is 1. The Bertz CT molecular complexity index is 1010. The molecule has 1 N–H and O–H groups in total. The van der Waals surface area contributed by atoms with Crippen molar-refractivity contribution in [3.63, 3.8) is 0 Å². The van der Waals surface area contributed by atoms with Crippen LogP contribution in [0.4, 0.5) is 5.69 Å². The second kappa shape index (κ2) is 7.18. The van der Waals surface area contributed by atoms with Crippen molar-refractivity contribution < 1.29 is 4.79 Å². The van der Waals surface area contributed by atoms with Gasteiger partial charge in [-0.25, -0.2) is 0 Å².